The minimum absolute atomic E-state index is 0.869. The number of nitrogens with zero attached hydrogens (tertiary/aromatic N) is 1. The van der Waals surface area contributed by atoms with Crippen molar-refractivity contribution in [3.05, 3.63) is 34.6 Å². The number of rotatable bonds is 1. The molecule has 0 aliphatic rings. The lowest BCUT2D eigenvalue weighted by atomic mass is 10.1. The van der Waals surface area contributed by atoms with E-state index in [2.05, 4.69) is 33.9 Å². The summed E-state index contributed by atoms with van der Waals surface area (Å²) in [6, 6.07) is 4.13. The lowest BCUT2D eigenvalue weighted by Crippen LogP contribution is -1.88. The van der Waals surface area contributed by atoms with Crippen molar-refractivity contribution < 1.29 is 4.74 Å². The van der Waals surface area contributed by atoms with Crippen LogP contribution in [0.1, 0.15) is 5.56 Å². The van der Waals surface area contributed by atoms with E-state index in [0.717, 1.165) is 21.0 Å². The fourth-order valence-electron chi connectivity index (χ4n) is 1.51. The third kappa shape index (κ3) is 1.48. The van der Waals surface area contributed by atoms with E-state index in [0.29, 0.717) is 0 Å². The van der Waals surface area contributed by atoms with Crippen LogP contribution in [-0.4, -0.2) is 12.1 Å². The molecule has 0 fully saturated rings. The van der Waals surface area contributed by atoms with Crippen molar-refractivity contribution in [2.24, 2.45) is 0 Å². The van der Waals surface area contributed by atoms with E-state index in [-0.39, 0.29) is 0 Å². The predicted octanol–water partition coefficient (Wildman–Crippen LogP) is 3.31. The van der Waals surface area contributed by atoms with Gasteiger partial charge in [-0.15, -0.1) is 0 Å². The summed E-state index contributed by atoms with van der Waals surface area (Å²) in [5.74, 6) is 0.869. The zero-order valence-corrected chi connectivity index (χ0v) is 9.63. The van der Waals surface area contributed by atoms with Crippen molar-refractivity contribution in [1.82, 2.24) is 4.98 Å². The van der Waals surface area contributed by atoms with Crippen LogP contribution in [0.2, 0.25) is 0 Å². The number of hydrogen-bond donors (Lipinski definition) is 0. The fraction of sp³-hybridized carbons (Fsp3) is 0.182. The molecule has 2 aromatic rings. The molecule has 0 unspecified atom stereocenters. The summed E-state index contributed by atoms with van der Waals surface area (Å²) in [7, 11) is 1.68. The first-order valence-corrected chi connectivity index (χ1v) is 5.09. The van der Waals surface area contributed by atoms with Crippen LogP contribution in [0.5, 0.6) is 5.75 Å². The highest BCUT2D eigenvalue weighted by molar-refractivity contribution is 9.10. The molecular weight excluding hydrogens is 242 g/mol. The number of benzene rings is 1. The minimum atomic E-state index is 0.869. The SMILES string of the molecule is COc1cc(C)cc2c(Br)cncc12. The van der Waals surface area contributed by atoms with E-state index in [1.54, 1.807) is 13.3 Å². The molecular formula is C11H10BrNO. The summed E-state index contributed by atoms with van der Waals surface area (Å²) < 4.78 is 6.30. The predicted molar refractivity (Wildman–Crippen MR) is 60.7 cm³/mol. The van der Waals surface area contributed by atoms with E-state index in [1.165, 1.54) is 5.56 Å². The Morgan fingerprint density at radius 2 is 2.00 bits per heavy atom. The maximum atomic E-state index is 5.30. The van der Waals surface area contributed by atoms with Gasteiger partial charge in [0, 0.05) is 27.6 Å². The van der Waals surface area contributed by atoms with Gasteiger partial charge in [-0.3, -0.25) is 4.98 Å². The van der Waals surface area contributed by atoms with Gasteiger partial charge < -0.3 is 4.74 Å². The van der Waals surface area contributed by atoms with Crippen molar-refractivity contribution in [3.8, 4) is 5.75 Å². The number of methoxy groups -OCH3 is 1. The molecule has 0 saturated carbocycles. The van der Waals surface area contributed by atoms with Crippen molar-refractivity contribution in [3.63, 3.8) is 0 Å². The largest absolute Gasteiger partial charge is 0.496 e. The van der Waals surface area contributed by atoms with Crippen LogP contribution in [0.25, 0.3) is 10.8 Å². The Bertz CT molecular complexity index is 482. The monoisotopic (exact) mass is 251 g/mol. The van der Waals surface area contributed by atoms with Crippen molar-refractivity contribution in [1.29, 1.82) is 0 Å². The average Bonchev–Trinajstić information content (AvgIpc) is 2.18. The van der Waals surface area contributed by atoms with Crippen molar-refractivity contribution in [2.75, 3.05) is 7.11 Å². The summed E-state index contributed by atoms with van der Waals surface area (Å²) in [4.78, 5) is 4.12. The number of halogens is 1. The highest BCUT2D eigenvalue weighted by atomic mass is 79.9. The molecule has 1 aromatic carbocycles. The smallest absolute Gasteiger partial charge is 0.128 e. The summed E-state index contributed by atoms with van der Waals surface area (Å²) >= 11 is 3.48. The van der Waals surface area contributed by atoms with Crippen LogP contribution in [0, 0.1) is 6.92 Å². The van der Waals surface area contributed by atoms with Crippen LogP contribution >= 0.6 is 15.9 Å². The molecule has 0 saturated heterocycles. The third-order valence-electron chi connectivity index (χ3n) is 2.16. The molecule has 2 nitrogen and oxygen atoms in total. The van der Waals surface area contributed by atoms with E-state index in [4.69, 9.17) is 4.74 Å². The lowest BCUT2D eigenvalue weighted by molar-refractivity contribution is 0.419. The molecule has 0 radical (unpaired) electrons. The van der Waals surface area contributed by atoms with Crippen molar-refractivity contribution in [2.45, 2.75) is 6.92 Å². The Morgan fingerprint density at radius 1 is 1.21 bits per heavy atom. The van der Waals surface area contributed by atoms with Gasteiger partial charge in [-0.1, -0.05) is 0 Å². The molecule has 1 heterocycles. The standard InChI is InChI=1S/C11H10BrNO/c1-7-3-8-9(11(4-7)14-2)5-13-6-10(8)12/h3-6H,1-2H3. The highest BCUT2D eigenvalue weighted by Gasteiger charge is 2.05. The quantitative estimate of drug-likeness (QED) is 0.776. The number of fused-ring (bicyclic) bond motifs is 1. The number of aromatic nitrogens is 1. The molecule has 0 aliphatic heterocycles. The van der Waals surface area contributed by atoms with Gasteiger partial charge in [0.25, 0.3) is 0 Å². The van der Waals surface area contributed by atoms with Crippen LogP contribution < -0.4 is 4.74 Å². The van der Waals surface area contributed by atoms with Gasteiger partial charge in [0.2, 0.25) is 0 Å². The molecule has 0 spiro atoms. The third-order valence-corrected chi connectivity index (χ3v) is 2.79. The molecule has 3 heteroatoms. The summed E-state index contributed by atoms with van der Waals surface area (Å²) in [5.41, 5.74) is 1.18. The van der Waals surface area contributed by atoms with Gasteiger partial charge in [-0.05, 0) is 40.5 Å². The second-order valence-corrected chi connectivity index (χ2v) is 4.04. The topological polar surface area (TPSA) is 22.1 Å². The first-order valence-electron chi connectivity index (χ1n) is 4.30. The van der Waals surface area contributed by atoms with Gasteiger partial charge in [0.05, 0.1) is 7.11 Å². The first-order chi connectivity index (χ1) is 6.72. The minimum Gasteiger partial charge on any atom is -0.496 e. The Kier molecular flexibility index (Phi) is 2.42. The van der Waals surface area contributed by atoms with E-state index in [1.807, 2.05) is 12.3 Å². The Morgan fingerprint density at radius 3 is 2.71 bits per heavy atom. The summed E-state index contributed by atoms with van der Waals surface area (Å²) in [6.45, 7) is 2.05. The molecule has 2 rings (SSSR count). The van der Waals surface area contributed by atoms with Gasteiger partial charge in [-0.2, -0.15) is 0 Å². The van der Waals surface area contributed by atoms with E-state index >= 15 is 0 Å². The summed E-state index contributed by atoms with van der Waals surface area (Å²) in [6.07, 6.45) is 3.61. The highest BCUT2D eigenvalue weighted by Crippen LogP contribution is 2.30. The number of pyridine rings is 1. The average molecular weight is 252 g/mol. The zero-order chi connectivity index (χ0) is 10.1. The van der Waals surface area contributed by atoms with Crippen LogP contribution in [0.3, 0.4) is 0 Å². The number of ether oxygens (including phenoxy) is 1. The molecule has 14 heavy (non-hydrogen) atoms. The van der Waals surface area contributed by atoms with Gasteiger partial charge in [0.1, 0.15) is 5.75 Å². The maximum Gasteiger partial charge on any atom is 0.128 e. The molecule has 0 N–H and O–H groups in total. The van der Waals surface area contributed by atoms with Gasteiger partial charge in [-0.25, -0.2) is 0 Å². The normalized spacial score (nSPS) is 10.5. The Hall–Kier alpha value is -1.09. The maximum absolute atomic E-state index is 5.30. The summed E-state index contributed by atoms with van der Waals surface area (Å²) in [5, 5.41) is 2.17. The fourth-order valence-corrected chi connectivity index (χ4v) is 1.96. The van der Waals surface area contributed by atoms with Gasteiger partial charge in [0.15, 0.2) is 0 Å². The molecule has 0 aliphatic carbocycles. The van der Waals surface area contributed by atoms with E-state index < -0.39 is 0 Å². The second kappa shape index (κ2) is 3.58. The van der Waals surface area contributed by atoms with Crippen LogP contribution in [-0.2, 0) is 0 Å². The Balaban J connectivity index is 2.87. The molecule has 0 bridgehead atoms. The van der Waals surface area contributed by atoms with E-state index in [9.17, 15) is 0 Å². The van der Waals surface area contributed by atoms with Crippen molar-refractivity contribution >= 4 is 26.7 Å². The first kappa shape index (κ1) is 9.46. The lowest BCUT2D eigenvalue weighted by Gasteiger charge is -2.07. The van der Waals surface area contributed by atoms with Gasteiger partial charge >= 0.3 is 0 Å². The molecule has 1 aromatic heterocycles. The second-order valence-electron chi connectivity index (χ2n) is 3.18. The molecule has 72 valence electrons. The molecule has 0 atom stereocenters. The van der Waals surface area contributed by atoms with Crippen LogP contribution in [0.15, 0.2) is 29.0 Å². The number of aryl methyl sites for hydroxylation is 1. The van der Waals surface area contributed by atoms with Crippen LogP contribution in [0.4, 0.5) is 0 Å². The Labute approximate surface area is 91.0 Å². The zero-order valence-electron chi connectivity index (χ0n) is 8.04. The molecule has 0 amide bonds. The number of hydrogen-bond acceptors (Lipinski definition) is 2.